The van der Waals surface area contributed by atoms with Gasteiger partial charge in [0, 0.05) is 18.9 Å². The number of benzene rings is 2. The molecule has 1 N–H and O–H groups in total. The molecule has 1 aliphatic carbocycles. The lowest BCUT2D eigenvalue weighted by atomic mass is 9.95. The maximum atomic E-state index is 11.5. The van der Waals surface area contributed by atoms with Crippen LogP contribution < -0.4 is 10.1 Å². The van der Waals surface area contributed by atoms with E-state index < -0.39 is 0 Å². The summed E-state index contributed by atoms with van der Waals surface area (Å²) in [6.45, 7) is 4.16. The summed E-state index contributed by atoms with van der Waals surface area (Å²) in [5.74, 6) is 1.59. The van der Waals surface area contributed by atoms with Crippen molar-refractivity contribution >= 4 is 5.97 Å². The topological polar surface area (TPSA) is 47.6 Å². The van der Waals surface area contributed by atoms with Gasteiger partial charge >= 0.3 is 5.97 Å². The van der Waals surface area contributed by atoms with Gasteiger partial charge in [0.2, 0.25) is 0 Å². The van der Waals surface area contributed by atoms with Crippen LogP contribution in [0.25, 0.3) is 0 Å². The van der Waals surface area contributed by atoms with Gasteiger partial charge in [0.25, 0.3) is 0 Å². The van der Waals surface area contributed by atoms with Gasteiger partial charge in [-0.1, -0.05) is 36.4 Å². The van der Waals surface area contributed by atoms with Crippen LogP contribution in [0.4, 0.5) is 0 Å². The molecule has 0 amide bonds. The van der Waals surface area contributed by atoms with Crippen molar-refractivity contribution < 1.29 is 14.3 Å². The Morgan fingerprint density at radius 3 is 2.77 bits per heavy atom. The van der Waals surface area contributed by atoms with E-state index in [1.807, 2.05) is 6.92 Å². The van der Waals surface area contributed by atoms with E-state index in [0.29, 0.717) is 25.0 Å². The predicted octanol–water partition coefficient (Wildman–Crippen LogP) is 4.59. The fraction of sp³-hybridized carbons (Fsp3) is 0.500. The van der Waals surface area contributed by atoms with E-state index in [0.717, 1.165) is 38.2 Å². The zero-order valence-electron chi connectivity index (χ0n) is 18.0. The highest BCUT2D eigenvalue weighted by molar-refractivity contribution is 5.69. The average Bonchev–Trinajstić information content (AvgIpc) is 3.42. The van der Waals surface area contributed by atoms with Crippen molar-refractivity contribution in [1.29, 1.82) is 0 Å². The molecule has 1 saturated carbocycles. The highest BCUT2D eigenvalue weighted by atomic mass is 16.5. The zero-order valence-corrected chi connectivity index (χ0v) is 18.0. The normalized spacial score (nSPS) is 20.0. The number of esters is 1. The van der Waals surface area contributed by atoms with Gasteiger partial charge in [0.1, 0.15) is 5.75 Å². The van der Waals surface area contributed by atoms with Crippen molar-refractivity contribution in [1.82, 2.24) is 5.32 Å². The Labute approximate surface area is 180 Å². The van der Waals surface area contributed by atoms with Crippen molar-refractivity contribution in [3.8, 4) is 5.75 Å². The number of carbonyl (C=O) groups is 1. The molecule has 2 aromatic carbocycles. The van der Waals surface area contributed by atoms with Gasteiger partial charge in [0.15, 0.2) is 0 Å². The number of nitrogens with one attached hydrogen (secondary N) is 1. The fourth-order valence-corrected chi connectivity index (χ4v) is 4.72. The van der Waals surface area contributed by atoms with Crippen LogP contribution in [0, 0.1) is 0 Å². The molecule has 0 saturated heterocycles. The van der Waals surface area contributed by atoms with Gasteiger partial charge < -0.3 is 14.8 Å². The van der Waals surface area contributed by atoms with E-state index in [9.17, 15) is 4.79 Å². The van der Waals surface area contributed by atoms with Crippen LogP contribution in [0.3, 0.4) is 0 Å². The second-order valence-electron chi connectivity index (χ2n) is 8.50. The number of ether oxygens (including phenoxy) is 2. The van der Waals surface area contributed by atoms with Crippen molar-refractivity contribution in [2.75, 3.05) is 19.8 Å². The Balaban J connectivity index is 1.20. The van der Waals surface area contributed by atoms with Crippen LogP contribution >= 0.6 is 0 Å². The number of carbonyl (C=O) groups excluding carboxylic acids is 1. The third-order valence-electron chi connectivity index (χ3n) is 6.41. The molecule has 2 aromatic rings. The minimum atomic E-state index is -0.112. The van der Waals surface area contributed by atoms with Gasteiger partial charge in [-0.2, -0.15) is 0 Å². The van der Waals surface area contributed by atoms with E-state index >= 15 is 0 Å². The van der Waals surface area contributed by atoms with E-state index in [-0.39, 0.29) is 5.97 Å². The number of fused-ring (bicyclic) bond motifs is 1. The van der Waals surface area contributed by atoms with Gasteiger partial charge in [-0.3, -0.25) is 4.79 Å². The summed E-state index contributed by atoms with van der Waals surface area (Å²) in [5, 5.41) is 3.77. The SMILES string of the molecule is CCOC(=O)CCc1ccc(C2CCC(NCCc3ccc4c(c3)CCO4)C2)cc1. The minimum absolute atomic E-state index is 0.112. The second-order valence-corrected chi connectivity index (χ2v) is 8.50. The smallest absolute Gasteiger partial charge is 0.306 e. The van der Waals surface area contributed by atoms with Crippen LogP contribution in [0.2, 0.25) is 0 Å². The standard InChI is InChI=1S/C26H33NO3/c1-2-29-26(28)12-6-19-3-7-21(8-4-19)22-9-10-24(18-22)27-15-13-20-5-11-25-23(17-20)14-16-30-25/h3-5,7-8,11,17,22,24,27H,2,6,9-10,12-16,18H2,1H3. The summed E-state index contributed by atoms with van der Waals surface area (Å²) < 4.78 is 10.6. The number of hydrogen-bond donors (Lipinski definition) is 1. The number of hydrogen-bond acceptors (Lipinski definition) is 4. The van der Waals surface area contributed by atoms with E-state index in [2.05, 4.69) is 47.8 Å². The van der Waals surface area contributed by atoms with Gasteiger partial charge in [-0.05, 0) is 79.8 Å². The van der Waals surface area contributed by atoms with Crippen molar-refractivity contribution in [2.45, 2.75) is 63.8 Å². The highest BCUT2D eigenvalue weighted by Gasteiger charge is 2.25. The minimum Gasteiger partial charge on any atom is -0.493 e. The van der Waals surface area contributed by atoms with Crippen LogP contribution in [0.15, 0.2) is 42.5 Å². The number of aryl methyl sites for hydroxylation is 1. The summed E-state index contributed by atoms with van der Waals surface area (Å²) >= 11 is 0. The Hall–Kier alpha value is -2.33. The van der Waals surface area contributed by atoms with Crippen LogP contribution in [0.5, 0.6) is 5.75 Å². The zero-order chi connectivity index (χ0) is 20.8. The fourth-order valence-electron chi connectivity index (χ4n) is 4.72. The average molecular weight is 408 g/mol. The lowest BCUT2D eigenvalue weighted by Crippen LogP contribution is -2.28. The molecule has 0 bridgehead atoms. The van der Waals surface area contributed by atoms with Gasteiger partial charge in [-0.25, -0.2) is 0 Å². The van der Waals surface area contributed by atoms with E-state index in [1.54, 1.807) is 0 Å². The van der Waals surface area contributed by atoms with Crippen molar-refractivity contribution in [2.24, 2.45) is 0 Å². The largest absolute Gasteiger partial charge is 0.493 e. The highest BCUT2D eigenvalue weighted by Crippen LogP contribution is 2.34. The van der Waals surface area contributed by atoms with Crippen molar-refractivity contribution in [3.63, 3.8) is 0 Å². The maximum Gasteiger partial charge on any atom is 0.306 e. The van der Waals surface area contributed by atoms with Crippen LogP contribution in [0.1, 0.15) is 60.8 Å². The molecule has 0 spiro atoms. The molecule has 1 fully saturated rings. The first-order valence-corrected chi connectivity index (χ1v) is 11.4. The summed E-state index contributed by atoms with van der Waals surface area (Å²) in [5.41, 5.74) is 5.40. The third kappa shape index (κ3) is 5.42. The molecular formula is C26H33NO3. The Morgan fingerprint density at radius 2 is 1.93 bits per heavy atom. The molecule has 0 aromatic heterocycles. The summed E-state index contributed by atoms with van der Waals surface area (Å²) in [4.78, 5) is 11.5. The molecule has 30 heavy (non-hydrogen) atoms. The first-order valence-electron chi connectivity index (χ1n) is 11.4. The maximum absolute atomic E-state index is 11.5. The third-order valence-corrected chi connectivity index (χ3v) is 6.41. The van der Waals surface area contributed by atoms with Crippen LogP contribution in [-0.4, -0.2) is 31.8 Å². The molecule has 2 atom stereocenters. The summed E-state index contributed by atoms with van der Waals surface area (Å²) in [6.07, 6.45) is 7.03. The lowest BCUT2D eigenvalue weighted by Gasteiger charge is -2.14. The molecule has 4 rings (SSSR count). The quantitative estimate of drug-likeness (QED) is 0.618. The molecule has 1 aliphatic heterocycles. The van der Waals surface area contributed by atoms with Gasteiger partial charge in [-0.15, -0.1) is 0 Å². The lowest BCUT2D eigenvalue weighted by molar-refractivity contribution is -0.143. The predicted molar refractivity (Wildman–Crippen MR) is 119 cm³/mol. The summed E-state index contributed by atoms with van der Waals surface area (Å²) in [7, 11) is 0. The molecular weight excluding hydrogens is 374 g/mol. The number of rotatable bonds is 9. The molecule has 160 valence electrons. The van der Waals surface area contributed by atoms with Gasteiger partial charge in [0.05, 0.1) is 13.2 Å². The first-order chi connectivity index (χ1) is 14.7. The molecule has 4 heteroatoms. The van der Waals surface area contributed by atoms with Crippen molar-refractivity contribution in [3.05, 3.63) is 64.7 Å². The first kappa shape index (κ1) is 20.9. The summed E-state index contributed by atoms with van der Waals surface area (Å²) in [6, 6.07) is 16.1. The molecule has 1 heterocycles. The molecule has 4 nitrogen and oxygen atoms in total. The Bertz CT molecular complexity index is 846. The van der Waals surface area contributed by atoms with Crippen LogP contribution in [-0.2, 0) is 28.8 Å². The molecule has 0 radical (unpaired) electrons. The Kier molecular flexibility index (Phi) is 7.06. The monoisotopic (exact) mass is 407 g/mol. The Morgan fingerprint density at radius 1 is 1.10 bits per heavy atom. The van der Waals surface area contributed by atoms with E-state index in [1.165, 1.54) is 41.5 Å². The van der Waals surface area contributed by atoms with E-state index in [4.69, 9.17) is 9.47 Å². The molecule has 2 aliphatic rings. The molecule has 2 unspecified atom stereocenters. The second kappa shape index (κ2) is 10.1.